The summed E-state index contributed by atoms with van der Waals surface area (Å²) in [6, 6.07) is 5.89. The number of nitrogens with one attached hydrogen (secondary N) is 2. The highest BCUT2D eigenvalue weighted by molar-refractivity contribution is 8.00. The molecule has 0 bridgehead atoms. The Labute approximate surface area is 120 Å². The van der Waals surface area contributed by atoms with E-state index in [0.29, 0.717) is 22.8 Å². The van der Waals surface area contributed by atoms with Crippen LogP contribution in [0.1, 0.15) is 10.4 Å². The van der Waals surface area contributed by atoms with Crippen molar-refractivity contribution in [1.82, 2.24) is 5.32 Å². The van der Waals surface area contributed by atoms with Gasteiger partial charge in [0.2, 0.25) is 11.8 Å². The maximum atomic E-state index is 12.0. The molecular formula is C13H14N2O4S. The number of carbonyl (C=O) groups is 3. The zero-order valence-corrected chi connectivity index (χ0v) is 11.7. The van der Waals surface area contributed by atoms with Crippen LogP contribution in [0.4, 0.5) is 5.69 Å². The SMILES string of the molecule is COC(=O)c1cccc(NC(=O)C2CSCC(=O)N2)c1. The van der Waals surface area contributed by atoms with Gasteiger partial charge >= 0.3 is 5.97 Å². The summed E-state index contributed by atoms with van der Waals surface area (Å²) in [6.07, 6.45) is 0. The summed E-state index contributed by atoms with van der Waals surface area (Å²) in [4.78, 5) is 34.6. The molecule has 1 saturated heterocycles. The highest BCUT2D eigenvalue weighted by atomic mass is 32.2. The first-order valence-electron chi connectivity index (χ1n) is 5.96. The average molecular weight is 294 g/mol. The van der Waals surface area contributed by atoms with E-state index in [1.165, 1.54) is 24.9 Å². The molecule has 1 heterocycles. The van der Waals surface area contributed by atoms with Crippen molar-refractivity contribution in [3.63, 3.8) is 0 Å². The summed E-state index contributed by atoms with van der Waals surface area (Å²) in [5.74, 6) is -0.00419. The Hall–Kier alpha value is -2.02. The molecule has 1 unspecified atom stereocenters. The van der Waals surface area contributed by atoms with Crippen LogP contribution in [-0.2, 0) is 14.3 Å². The van der Waals surface area contributed by atoms with E-state index in [9.17, 15) is 14.4 Å². The lowest BCUT2D eigenvalue weighted by molar-refractivity contribution is -0.124. The molecule has 0 saturated carbocycles. The van der Waals surface area contributed by atoms with Crippen LogP contribution in [0.3, 0.4) is 0 Å². The third-order valence-corrected chi connectivity index (χ3v) is 3.76. The number of benzene rings is 1. The molecule has 2 rings (SSSR count). The molecule has 1 aromatic rings. The van der Waals surface area contributed by atoms with Crippen LogP contribution in [-0.4, -0.2) is 42.4 Å². The molecule has 0 aliphatic carbocycles. The maximum absolute atomic E-state index is 12.0. The van der Waals surface area contributed by atoms with Gasteiger partial charge in [0.1, 0.15) is 6.04 Å². The minimum absolute atomic E-state index is 0.148. The second-order valence-corrected chi connectivity index (χ2v) is 5.23. The molecule has 20 heavy (non-hydrogen) atoms. The van der Waals surface area contributed by atoms with Crippen LogP contribution in [0, 0.1) is 0 Å². The number of rotatable bonds is 3. The van der Waals surface area contributed by atoms with Crippen LogP contribution in [0.25, 0.3) is 0 Å². The summed E-state index contributed by atoms with van der Waals surface area (Å²) in [7, 11) is 1.29. The summed E-state index contributed by atoms with van der Waals surface area (Å²) in [5, 5.41) is 5.30. The monoisotopic (exact) mass is 294 g/mol. The number of thioether (sulfide) groups is 1. The first-order valence-corrected chi connectivity index (χ1v) is 7.12. The molecule has 2 amide bonds. The van der Waals surface area contributed by atoms with E-state index in [1.807, 2.05) is 0 Å². The van der Waals surface area contributed by atoms with E-state index in [2.05, 4.69) is 15.4 Å². The lowest BCUT2D eigenvalue weighted by atomic mass is 10.2. The van der Waals surface area contributed by atoms with Gasteiger partial charge in [-0.25, -0.2) is 4.79 Å². The van der Waals surface area contributed by atoms with Gasteiger partial charge < -0.3 is 15.4 Å². The molecule has 0 aromatic heterocycles. The second kappa shape index (κ2) is 6.42. The summed E-state index contributed by atoms with van der Waals surface area (Å²) >= 11 is 1.41. The topological polar surface area (TPSA) is 84.5 Å². The van der Waals surface area contributed by atoms with Gasteiger partial charge in [-0.1, -0.05) is 6.07 Å². The van der Waals surface area contributed by atoms with E-state index < -0.39 is 12.0 Å². The van der Waals surface area contributed by atoms with E-state index in [-0.39, 0.29) is 11.8 Å². The predicted molar refractivity (Wildman–Crippen MR) is 75.7 cm³/mol. The standard InChI is InChI=1S/C13H14N2O4S/c1-19-13(18)8-3-2-4-9(5-8)14-12(17)10-6-20-7-11(16)15-10/h2-5,10H,6-7H2,1H3,(H,14,17)(H,15,16). The normalized spacial score (nSPS) is 18.1. The lowest BCUT2D eigenvalue weighted by Gasteiger charge is -2.22. The summed E-state index contributed by atoms with van der Waals surface area (Å²) in [6.45, 7) is 0. The van der Waals surface area contributed by atoms with Crippen LogP contribution >= 0.6 is 11.8 Å². The highest BCUT2D eigenvalue weighted by Crippen LogP contribution is 2.14. The largest absolute Gasteiger partial charge is 0.465 e. The lowest BCUT2D eigenvalue weighted by Crippen LogP contribution is -2.49. The molecule has 0 radical (unpaired) electrons. The molecular weight excluding hydrogens is 280 g/mol. The van der Waals surface area contributed by atoms with Crippen LogP contribution in [0.5, 0.6) is 0 Å². The second-order valence-electron chi connectivity index (χ2n) is 4.20. The van der Waals surface area contributed by atoms with E-state index in [1.54, 1.807) is 18.2 Å². The average Bonchev–Trinajstić information content (AvgIpc) is 2.46. The van der Waals surface area contributed by atoms with E-state index in [4.69, 9.17) is 0 Å². The third kappa shape index (κ3) is 3.51. The molecule has 7 heteroatoms. The fourth-order valence-electron chi connectivity index (χ4n) is 1.76. The van der Waals surface area contributed by atoms with Gasteiger partial charge in [0, 0.05) is 11.4 Å². The predicted octanol–water partition coefficient (Wildman–Crippen LogP) is 0.643. The number of methoxy groups -OCH3 is 1. The van der Waals surface area contributed by atoms with Crippen molar-refractivity contribution >= 4 is 35.2 Å². The number of carbonyl (C=O) groups excluding carboxylic acids is 3. The first-order chi connectivity index (χ1) is 9.60. The molecule has 1 fully saturated rings. The smallest absolute Gasteiger partial charge is 0.337 e. The number of esters is 1. The van der Waals surface area contributed by atoms with Crippen molar-refractivity contribution in [3.05, 3.63) is 29.8 Å². The minimum atomic E-state index is -0.553. The van der Waals surface area contributed by atoms with Gasteiger partial charge in [0.15, 0.2) is 0 Å². The fraction of sp³-hybridized carbons (Fsp3) is 0.308. The van der Waals surface area contributed by atoms with Crippen molar-refractivity contribution < 1.29 is 19.1 Å². The number of hydrogen-bond acceptors (Lipinski definition) is 5. The number of amides is 2. The molecule has 2 N–H and O–H groups in total. The molecule has 1 aromatic carbocycles. The first kappa shape index (κ1) is 14.4. The minimum Gasteiger partial charge on any atom is -0.465 e. The molecule has 1 aliphatic rings. The molecule has 106 valence electrons. The molecule has 1 aliphatic heterocycles. The Morgan fingerprint density at radius 1 is 1.45 bits per heavy atom. The van der Waals surface area contributed by atoms with E-state index >= 15 is 0 Å². The number of hydrogen-bond donors (Lipinski definition) is 2. The summed E-state index contributed by atoms with van der Waals surface area (Å²) in [5.41, 5.74) is 0.843. The summed E-state index contributed by atoms with van der Waals surface area (Å²) < 4.78 is 4.61. The van der Waals surface area contributed by atoms with E-state index in [0.717, 1.165) is 0 Å². The highest BCUT2D eigenvalue weighted by Gasteiger charge is 2.25. The van der Waals surface area contributed by atoms with Crippen LogP contribution in [0.2, 0.25) is 0 Å². The van der Waals surface area contributed by atoms with Crippen LogP contribution in [0.15, 0.2) is 24.3 Å². The Bertz CT molecular complexity index is 547. The molecule has 0 spiro atoms. The Morgan fingerprint density at radius 2 is 2.25 bits per heavy atom. The molecule has 1 atom stereocenters. The van der Waals surface area contributed by atoms with Crippen molar-refractivity contribution in [2.75, 3.05) is 23.9 Å². The van der Waals surface area contributed by atoms with Crippen molar-refractivity contribution in [3.8, 4) is 0 Å². The van der Waals surface area contributed by atoms with Gasteiger partial charge in [-0.15, -0.1) is 11.8 Å². The van der Waals surface area contributed by atoms with Gasteiger partial charge in [-0.05, 0) is 18.2 Å². The quantitative estimate of drug-likeness (QED) is 0.799. The number of ether oxygens (including phenoxy) is 1. The fourth-order valence-corrected chi connectivity index (χ4v) is 2.62. The molecule has 6 nitrogen and oxygen atoms in total. The zero-order chi connectivity index (χ0) is 14.5. The van der Waals surface area contributed by atoms with Crippen molar-refractivity contribution in [2.24, 2.45) is 0 Å². The van der Waals surface area contributed by atoms with Gasteiger partial charge in [0.25, 0.3) is 0 Å². The van der Waals surface area contributed by atoms with Gasteiger partial charge in [-0.3, -0.25) is 9.59 Å². The Morgan fingerprint density at radius 3 is 2.95 bits per heavy atom. The van der Waals surface area contributed by atoms with Gasteiger partial charge in [0.05, 0.1) is 18.4 Å². The van der Waals surface area contributed by atoms with Gasteiger partial charge in [-0.2, -0.15) is 0 Å². The Balaban J connectivity index is 2.04. The van der Waals surface area contributed by atoms with Crippen LogP contribution < -0.4 is 10.6 Å². The third-order valence-electron chi connectivity index (χ3n) is 2.72. The zero-order valence-electron chi connectivity index (χ0n) is 10.8. The Kier molecular flexibility index (Phi) is 4.62. The maximum Gasteiger partial charge on any atom is 0.337 e. The van der Waals surface area contributed by atoms with Crippen molar-refractivity contribution in [2.45, 2.75) is 6.04 Å². The number of anilines is 1. The van der Waals surface area contributed by atoms with Crippen molar-refractivity contribution in [1.29, 1.82) is 0 Å².